The van der Waals surface area contributed by atoms with Crippen molar-refractivity contribution in [2.75, 3.05) is 39.2 Å². The zero-order valence-corrected chi connectivity index (χ0v) is 17.1. The number of ether oxygens (including phenoxy) is 2. The van der Waals surface area contributed by atoms with Crippen molar-refractivity contribution >= 4 is 16.6 Å². The molecule has 0 amide bonds. The van der Waals surface area contributed by atoms with Gasteiger partial charge in [0.2, 0.25) is 0 Å². The molecule has 0 radical (unpaired) electrons. The predicted octanol–water partition coefficient (Wildman–Crippen LogP) is 4.48. The standard InChI is InChI=1S/C21H33N3O2/c1-7-24(8-2)13-9-10-15(3)22-18-12-11-17-20(21(18)26-6)19(25-5)14-16(4)23-17/h11-12,14-15,22H,7-10,13H2,1-6H3. The molecule has 1 aromatic carbocycles. The molecule has 1 heterocycles. The zero-order valence-electron chi connectivity index (χ0n) is 17.1. The van der Waals surface area contributed by atoms with Crippen molar-refractivity contribution in [3.05, 3.63) is 23.9 Å². The van der Waals surface area contributed by atoms with Gasteiger partial charge in [0.05, 0.1) is 30.8 Å². The van der Waals surface area contributed by atoms with E-state index in [4.69, 9.17) is 9.47 Å². The van der Waals surface area contributed by atoms with Gasteiger partial charge in [-0.1, -0.05) is 13.8 Å². The van der Waals surface area contributed by atoms with E-state index in [1.54, 1.807) is 14.2 Å². The number of hydrogen-bond donors (Lipinski definition) is 1. The Morgan fingerprint density at radius 2 is 1.88 bits per heavy atom. The molecule has 0 spiro atoms. The largest absolute Gasteiger partial charge is 0.496 e. The second-order valence-corrected chi connectivity index (χ2v) is 6.72. The predicted molar refractivity (Wildman–Crippen MR) is 110 cm³/mol. The molecule has 0 bridgehead atoms. The lowest BCUT2D eigenvalue weighted by Crippen LogP contribution is -2.25. The van der Waals surface area contributed by atoms with E-state index in [-0.39, 0.29) is 0 Å². The fourth-order valence-electron chi connectivity index (χ4n) is 3.37. The SMILES string of the molecule is CCN(CC)CCCC(C)Nc1ccc2nc(C)cc(OC)c2c1OC. The van der Waals surface area contributed by atoms with Crippen molar-refractivity contribution in [3.63, 3.8) is 0 Å². The molecule has 5 nitrogen and oxygen atoms in total. The van der Waals surface area contributed by atoms with E-state index >= 15 is 0 Å². The Balaban J connectivity index is 2.17. The van der Waals surface area contributed by atoms with Crippen LogP contribution in [-0.2, 0) is 0 Å². The van der Waals surface area contributed by atoms with E-state index in [0.717, 1.165) is 59.8 Å². The molecule has 1 aromatic heterocycles. The summed E-state index contributed by atoms with van der Waals surface area (Å²) in [5.41, 5.74) is 2.81. The average molecular weight is 360 g/mol. The van der Waals surface area contributed by atoms with Crippen molar-refractivity contribution in [2.45, 2.75) is 46.6 Å². The summed E-state index contributed by atoms with van der Waals surface area (Å²) < 4.78 is 11.3. The first-order valence-corrected chi connectivity index (χ1v) is 9.55. The number of anilines is 1. The van der Waals surface area contributed by atoms with Crippen LogP contribution in [-0.4, -0.2) is 49.8 Å². The van der Waals surface area contributed by atoms with E-state index < -0.39 is 0 Å². The number of nitrogens with one attached hydrogen (secondary N) is 1. The van der Waals surface area contributed by atoms with Gasteiger partial charge in [0.1, 0.15) is 5.75 Å². The third-order valence-electron chi connectivity index (χ3n) is 4.85. The first kappa shape index (κ1) is 20.3. The van der Waals surface area contributed by atoms with E-state index in [1.807, 2.05) is 25.1 Å². The Hall–Kier alpha value is -2.01. The highest BCUT2D eigenvalue weighted by atomic mass is 16.5. The van der Waals surface area contributed by atoms with Crippen molar-refractivity contribution in [1.29, 1.82) is 0 Å². The minimum absolute atomic E-state index is 0.362. The average Bonchev–Trinajstić information content (AvgIpc) is 2.64. The van der Waals surface area contributed by atoms with E-state index in [1.165, 1.54) is 6.42 Å². The summed E-state index contributed by atoms with van der Waals surface area (Å²) in [4.78, 5) is 7.07. The minimum atomic E-state index is 0.362. The van der Waals surface area contributed by atoms with Gasteiger partial charge in [-0.05, 0) is 58.5 Å². The van der Waals surface area contributed by atoms with Crippen LogP contribution in [0.4, 0.5) is 5.69 Å². The summed E-state index contributed by atoms with van der Waals surface area (Å²) in [7, 11) is 3.38. The molecule has 1 N–H and O–H groups in total. The van der Waals surface area contributed by atoms with Crippen LogP contribution in [0.5, 0.6) is 11.5 Å². The molecule has 5 heteroatoms. The molecule has 0 fully saturated rings. The number of benzene rings is 1. The highest BCUT2D eigenvalue weighted by Crippen LogP contribution is 2.39. The smallest absolute Gasteiger partial charge is 0.155 e. The molecule has 0 aliphatic carbocycles. The maximum atomic E-state index is 5.73. The first-order chi connectivity index (χ1) is 12.5. The van der Waals surface area contributed by atoms with E-state index in [2.05, 4.69) is 36.0 Å². The highest BCUT2D eigenvalue weighted by Gasteiger charge is 2.16. The number of methoxy groups -OCH3 is 2. The molecule has 0 aliphatic rings. The van der Waals surface area contributed by atoms with Gasteiger partial charge in [0, 0.05) is 17.8 Å². The van der Waals surface area contributed by atoms with Crippen LogP contribution >= 0.6 is 0 Å². The lowest BCUT2D eigenvalue weighted by molar-refractivity contribution is 0.295. The molecule has 0 saturated heterocycles. The Morgan fingerprint density at radius 1 is 1.15 bits per heavy atom. The van der Waals surface area contributed by atoms with Crippen LogP contribution in [0, 0.1) is 6.92 Å². The Morgan fingerprint density at radius 3 is 2.50 bits per heavy atom. The van der Waals surface area contributed by atoms with Crippen molar-refractivity contribution < 1.29 is 9.47 Å². The molecule has 144 valence electrons. The van der Waals surface area contributed by atoms with Gasteiger partial charge in [-0.15, -0.1) is 0 Å². The molecule has 0 saturated carbocycles. The minimum Gasteiger partial charge on any atom is -0.496 e. The molecular formula is C21H33N3O2. The van der Waals surface area contributed by atoms with Crippen LogP contribution in [0.25, 0.3) is 10.9 Å². The third-order valence-corrected chi connectivity index (χ3v) is 4.85. The fraction of sp³-hybridized carbons (Fsp3) is 0.571. The maximum Gasteiger partial charge on any atom is 0.155 e. The fourth-order valence-corrected chi connectivity index (χ4v) is 3.37. The quantitative estimate of drug-likeness (QED) is 0.677. The molecule has 26 heavy (non-hydrogen) atoms. The van der Waals surface area contributed by atoms with Crippen LogP contribution in [0.2, 0.25) is 0 Å². The molecule has 0 aliphatic heterocycles. The number of aromatic nitrogens is 1. The molecule has 2 rings (SSSR count). The normalized spacial score (nSPS) is 12.4. The number of hydrogen-bond acceptors (Lipinski definition) is 5. The van der Waals surface area contributed by atoms with Gasteiger partial charge < -0.3 is 19.7 Å². The summed E-state index contributed by atoms with van der Waals surface area (Å²) in [6, 6.07) is 6.38. The summed E-state index contributed by atoms with van der Waals surface area (Å²) >= 11 is 0. The maximum absolute atomic E-state index is 5.73. The summed E-state index contributed by atoms with van der Waals surface area (Å²) in [5.74, 6) is 1.59. The van der Waals surface area contributed by atoms with Crippen molar-refractivity contribution in [2.24, 2.45) is 0 Å². The number of rotatable bonds is 10. The Bertz CT molecular complexity index is 714. The van der Waals surface area contributed by atoms with Crippen LogP contribution in [0.3, 0.4) is 0 Å². The summed E-state index contributed by atoms with van der Waals surface area (Å²) in [6.45, 7) is 12.0. The van der Waals surface area contributed by atoms with Crippen molar-refractivity contribution in [3.8, 4) is 11.5 Å². The lowest BCUT2D eigenvalue weighted by atomic mass is 10.1. The van der Waals surface area contributed by atoms with E-state index in [0.29, 0.717) is 6.04 Å². The van der Waals surface area contributed by atoms with Gasteiger partial charge in [0.15, 0.2) is 5.75 Å². The number of pyridine rings is 1. The van der Waals surface area contributed by atoms with Gasteiger partial charge >= 0.3 is 0 Å². The Kier molecular flexibility index (Phi) is 7.51. The van der Waals surface area contributed by atoms with Crippen LogP contribution < -0.4 is 14.8 Å². The van der Waals surface area contributed by atoms with Crippen molar-refractivity contribution in [1.82, 2.24) is 9.88 Å². The van der Waals surface area contributed by atoms with Crippen LogP contribution in [0.15, 0.2) is 18.2 Å². The van der Waals surface area contributed by atoms with E-state index in [9.17, 15) is 0 Å². The second-order valence-electron chi connectivity index (χ2n) is 6.72. The number of nitrogens with zero attached hydrogens (tertiary/aromatic N) is 2. The molecule has 2 aromatic rings. The van der Waals surface area contributed by atoms with Gasteiger partial charge in [-0.3, -0.25) is 4.98 Å². The second kappa shape index (κ2) is 9.62. The number of fused-ring (bicyclic) bond motifs is 1. The first-order valence-electron chi connectivity index (χ1n) is 9.55. The van der Waals surface area contributed by atoms with Gasteiger partial charge in [-0.2, -0.15) is 0 Å². The molecular weight excluding hydrogens is 326 g/mol. The highest BCUT2D eigenvalue weighted by molar-refractivity contribution is 5.96. The Labute approximate surface area is 157 Å². The van der Waals surface area contributed by atoms with Gasteiger partial charge in [-0.25, -0.2) is 0 Å². The zero-order chi connectivity index (χ0) is 19.1. The molecule has 1 atom stereocenters. The number of aryl methyl sites for hydroxylation is 1. The summed E-state index contributed by atoms with van der Waals surface area (Å²) in [5, 5.41) is 4.52. The van der Waals surface area contributed by atoms with Gasteiger partial charge in [0.25, 0.3) is 0 Å². The monoisotopic (exact) mass is 359 g/mol. The van der Waals surface area contributed by atoms with Crippen LogP contribution in [0.1, 0.15) is 39.3 Å². The molecule has 1 unspecified atom stereocenters. The third kappa shape index (κ3) is 4.79. The topological polar surface area (TPSA) is 46.6 Å². The summed E-state index contributed by atoms with van der Waals surface area (Å²) in [6.07, 6.45) is 2.29. The lowest BCUT2D eigenvalue weighted by Gasteiger charge is -2.22.